The monoisotopic (exact) mass is 378 g/mol. The van der Waals surface area contributed by atoms with Gasteiger partial charge in [-0.1, -0.05) is 22.0 Å². The molecule has 122 valence electrons. The molecule has 0 aliphatic rings. The molecule has 1 amide bonds. The largest absolute Gasteiger partial charge is 0.493 e. The molecule has 6 heteroatoms. The molecular formula is C17H19BrN2O3. The van der Waals surface area contributed by atoms with Crippen molar-refractivity contribution in [2.75, 3.05) is 24.9 Å². The van der Waals surface area contributed by atoms with Crippen LogP contribution in [0.3, 0.4) is 0 Å². The van der Waals surface area contributed by atoms with Gasteiger partial charge in [-0.2, -0.15) is 0 Å². The van der Waals surface area contributed by atoms with E-state index in [-0.39, 0.29) is 5.91 Å². The fourth-order valence-corrected chi connectivity index (χ4v) is 2.60. The van der Waals surface area contributed by atoms with Crippen LogP contribution in [0.15, 0.2) is 40.9 Å². The van der Waals surface area contributed by atoms with E-state index in [9.17, 15) is 4.79 Å². The molecule has 2 N–H and O–H groups in total. The molecule has 0 aliphatic heterocycles. The van der Waals surface area contributed by atoms with Crippen molar-refractivity contribution in [3.05, 3.63) is 46.4 Å². The van der Waals surface area contributed by atoms with Crippen molar-refractivity contribution in [3.63, 3.8) is 0 Å². The van der Waals surface area contributed by atoms with Crippen molar-refractivity contribution >= 4 is 33.2 Å². The molecule has 0 saturated carbocycles. The van der Waals surface area contributed by atoms with E-state index in [1.165, 1.54) is 6.92 Å². The third kappa shape index (κ3) is 4.63. The number of methoxy groups -OCH3 is 2. The number of halogens is 1. The highest BCUT2D eigenvalue weighted by Gasteiger charge is 2.09. The number of carbonyl (C=O) groups is 1. The number of hydrogen-bond donors (Lipinski definition) is 2. The van der Waals surface area contributed by atoms with E-state index < -0.39 is 0 Å². The molecular weight excluding hydrogens is 360 g/mol. The SMILES string of the molecule is COc1cc(Br)c(CNc2cccc(NC(C)=O)c2)cc1OC. The highest BCUT2D eigenvalue weighted by atomic mass is 79.9. The first-order chi connectivity index (χ1) is 11.0. The zero-order valence-corrected chi connectivity index (χ0v) is 14.9. The van der Waals surface area contributed by atoms with Crippen molar-refractivity contribution in [1.29, 1.82) is 0 Å². The van der Waals surface area contributed by atoms with Crippen molar-refractivity contribution in [2.24, 2.45) is 0 Å². The molecule has 2 aromatic rings. The molecule has 0 radical (unpaired) electrons. The Hall–Kier alpha value is -2.21. The van der Waals surface area contributed by atoms with Gasteiger partial charge in [0, 0.05) is 29.3 Å². The fraction of sp³-hybridized carbons (Fsp3) is 0.235. The second-order valence-electron chi connectivity index (χ2n) is 4.91. The van der Waals surface area contributed by atoms with Crippen LogP contribution in [0.25, 0.3) is 0 Å². The Kier molecular flexibility index (Phi) is 5.87. The lowest BCUT2D eigenvalue weighted by molar-refractivity contribution is -0.114. The van der Waals surface area contributed by atoms with E-state index in [2.05, 4.69) is 26.6 Å². The summed E-state index contributed by atoms with van der Waals surface area (Å²) in [6.45, 7) is 2.09. The molecule has 0 saturated heterocycles. The average Bonchev–Trinajstić information content (AvgIpc) is 2.53. The number of amides is 1. The second-order valence-corrected chi connectivity index (χ2v) is 5.77. The van der Waals surface area contributed by atoms with Gasteiger partial charge in [-0.05, 0) is 35.9 Å². The third-order valence-electron chi connectivity index (χ3n) is 3.22. The molecule has 0 spiro atoms. The molecule has 2 aromatic carbocycles. The van der Waals surface area contributed by atoms with Crippen LogP contribution in [0, 0.1) is 0 Å². The first-order valence-corrected chi connectivity index (χ1v) is 7.84. The third-order valence-corrected chi connectivity index (χ3v) is 3.96. The predicted molar refractivity (Wildman–Crippen MR) is 95.3 cm³/mol. The summed E-state index contributed by atoms with van der Waals surface area (Å²) in [5, 5.41) is 6.09. The standard InChI is InChI=1S/C17H19BrN2O3/c1-11(21)20-14-6-4-5-13(8-14)19-10-12-7-16(22-2)17(23-3)9-15(12)18/h4-9,19H,10H2,1-3H3,(H,20,21). The normalized spacial score (nSPS) is 10.1. The van der Waals surface area contributed by atoms with E-state index >= 15 is 0 Å². The molecule has 0 unspecified atom stereocenters. The van der Waals surface area contributed by atoms with Gasteiger partial charge >= 0.3 is 0 Å². The Morgan fingerprint density at radius 1 is 1.09 bits per heavy atom. The van der Waals surface area contributed by atoms with Crippen LogP contribution >= 0.6 is 15.9 Å². The number of hydrogen-bond acceptors (Lipinski definition) is 4. The molecule has 0 aromatic heterocycles. The van der Waals surface area contributed by atoms with Gasteiger partial charge in [0.1, 0.15) is 0 Å². The quantitative estimate of drug-likeness (QED) is 0.796. The number of anilines is 2. The van der Waals surface area contributed by atoms with Gasteiger partial charge in [-0.3, -0.25) is 4.79 Å². The Morgan fingerprint density at radius 2 is 1.74 bits per heavy atom. The summed E-state index contributed by atoms with van der Waals surface area (Å²) in [6.07, 6.45) is 0. The van der Waals surface area contributed by atoms with Crippen molar-refractivity contribution in [2.45, 2.75) is 13.5 Å². The van der Waals surface area contributed by atoms with Gasteiger partial charge in [0.2, 0.25) is 5.91 Å². The number of nitrogens with one attached hydrogen (secondary N) is 2. The zero-order chi connectivity index (χ0) is 16.8. The number of rotatable bonds is 6. The predicted octanol–water partition coefficient (Wildman–Crippen LogP) is 4.04. The summed E-state index contributed by atoms with van der Waals surface area (Å²) >= 11 is 3.54. The Labute approximate surface area is 144 Å². The summed E-state index contributed by atoms with van der Waals surface area (Å²) < 4.78 is 11.5. The van der Waals surface area contributed by atoms with Gasteiger partial charge in [0.25, 0.3) is 0 Å². The Balaban J connectivity index is 2.13. The maximum atomic E-state index is 11.1. The first kappa shape index (κ1) is 17.1. The van der Waals surface area contributed by atoms with Crippen LogP contribution in [0.4, 0.5) is 11.4 Å². The van der Waals surface area contributed by atoms with E-state index in [1.807, 2.05) is 36.4 Å². The molecule has 0 bridgehead atoms. The van der Waals surface area contributed by atoms with Crippen LogP contribution in [0.5, 0.6) is 11.5 Å². The van der Waals surface area contributed by atoms with E-state index in [4.69, 9.17) is 9.47 Å². The lowest BCUT2D eigenvalue weighted by Gasteiger charge is -2.13. The summed E-state index contributed by atoms with van der Waals surface area (Å²) in [5.74, 6) is 1.26. The maximum absolute atomic E-state index is 11.1. The van der Waals surface area contributed by atoms with Gasteiger partial charge in [-0.15, -0.1) is 0 Å². The first-order valence-electron chi connectivity index (χ1n) is 7.05. The highest BCUT2D eigenvalue weighted by molar-refractivity contribution is 9.10. The summed E-state index contributed by atoms with van der Waals surface area (Å²) in [4.78, 5) is 11.1. The fourth-order valence-electron chi connectivity index (χ4n) is 2.14. The van der Waals surface area contributed by atoms with Crippen LogP contribution in [-0.2, 0) is 11.3 Å². The molecule has 0 heterocycles. The highest BCUT2D eigenvalue weighted by Crippen LogP contribution is 2.33. The minimum atomic E-state index is -0.0928. The second kappa shape index (κ2) is 7.87. The zero-order valence-electron chi connectivity index (χ0n) is 13.3. The van der Waals surface area contributed by atoms with Crippen LogP contribution < -0.4 is 20.1 Å². The van der Waals surface area contributed by atoms with Crippen LogP contribution in [0.2, 0.25) is 0 Å². The number of benzene rings is 2. The van der Waals surface area contributed by atoms with Crippen molar-refractivity contribution in [1.82, 2.24) is 0 Å². The van der Waals surface area contributed by atoms with E-state index in [0.29, 0.717) is 18.0 Å². The van der Waals surface area contributed by atoms with Gasteiger partial charge in [0.05, 0.1) is 14.2 Å². The van der Waals surface area contributed by atoms with Crippen LogP contribution in [0.1, 0.15) is 12.5 Å². The molecule has 0 atom stereocenters. The maximum Gasteiger partial charge on any atom is 0.221 e. The van der Waals surface area contributed by atoms with Gasteiger partial charge in [-0.25, -0.2) is 0 Å². The minimum Gasteiger partial charge on any atom is -0.493 e. The van der Waals surface area contributed by atoms with Crippen molar-refractivity contribution < 1.29 is 14.3 Å². The van der Waals surface area contributed by atoms with Crippen LogP contribution in [-0.4, -0.2) is 20.1 Å². The molecule has 23 heavy (non-hydrogen) atoms. The summed E-state index contributed by atoms with van der Waals surface area (Å²) in [6, 6.07) is 11.4. The van der Waals surface area contributed by atoms with Gasteiger partial charge < -0.3 is 20.1 Å². The topological polar surface area (TPSA) is 59.6 Å². The minimum absolute atomic E-state index is 0.0928. The van der Waals surface area contributed by atoms with E-state index in [1.54, 1.807) is 14.2 Å². The molecule has 2 rings (SSSR count). The Morgan fingerprint density at radius 3 is 2.39 bits per heavy atom. The average molecular weight is 379 g/mol. The number of carbonyl (C=O) groups excluding carboxylic acids is 1. The molecule has 0 aliphatic carbocycles. The number of ether oxygens (including phenoxy) is 2. The van der Waals surface area contributed by atoms with Crippen molar-refractivity contribution in [3.8, 4) is 11.5 Å². The molecule has 5 nitrogen and oxygen atoms in total. The molecule has 0 fully saturated rings. The smallest absolute Gasteiger partial charge is 0.221 e. The van der Waals surface area contributed by atoms with E-state index in [0.717, 1.165) is 21.4 Å². The summed E-state index contributed by atoms with van der Waals surface area (Å²) in [5.41, 5.74) is 2.71. The lowest BCUT2D eigenvalue weighted by atomic mass is 10.2. The Bertz CT molecular complexity index is 704. The summed E-state index contributed by atoms with van der Waals surface area (Å²) in [7, 11) is 3.22. The van der Waals surface area contributed by atoms with Gasteiger partial charge in [0.15, 0.2) is 11.5 Å². The lowest BCUT2D eigenvalue weighted by Crippen LogP contribution is -2.06.